The van der Waals surface area contributed by atoms with Gasteiger partial charge in [0.1, 0.15) is 11.3 Å². The molecule has 2 aromatic rings. The van der Waals surface area contributed by atoms with Crippen molar-refractivity contribution in [1.29, 1.82) is 5.41 Å². The molecule has 0 atom stereocenters. The van der Waals surface area contributed by atoms with Gasteiger partial charge >= 0.3 is 5.97 Å². The summed E-state index contributed by atoms with van der Waals surface area (Å²) in [6.07, 6.45) is 1.75. The normalized spacial score (nSPS) is 14.6. The summed E-state index contributed by atoms with van der Waals surface area (Å²) in [7, 11) is 0. The summed E-state index contributed by atoms with van der Waals surface area (Å²) in [6.45, 7) is 9.81. The third kappa shape index (κ3) is 5.53. The molecule has 1 aromatic heterocycles. The predicted molar refractivity (Wildman–Crippen MR) is 126 cm³/mol. The Bertz CT molecular complexity index is 966. The van der Waals surface area contributed by atoms with E-state index in [2.05, 4.69) is 16.0 Å². The van der Waals surface area contributed by atoms with Gasteiger partial charge in [-0.3, -0.25) is 5.32 Å². The number of ether oxygens (including phenoxy) is 1. The Balaban J connectivity index is 2.14. The topological polar surface area (TPSA) is 103 Å². The highest BCUT2D eigenvalue weighted by Crippen LogP contribution is 2.32. The molecule has 0 unspecified atom stereocenters. The Morgan fingerprint density at radius 2 is 2.03 bits per heavy atom. The highest BCUT2D eigenvalue weighted by molar-refractivity contribution is 6.08. The van der Waals surface area contributed by atoms with E-state index in [0.29, 0.717) is 17.4 Å². The predicted octanol–water partition coefficient (Wildman–Crippen LogP) is 3.33. The summed E-state index contributed by atoms with van der Waals surface area (Å²) in [5.74, 6) is 0.451. The summed E-state index contributed by atoms with van der Waals surface area (Å²) in [5.41, 5.74) is 4.46. The first-order valence-electron chi connectivity index (χ1n) is 11.4. The van der Waals surface area contributed by atoms with E-state index in [1.54, 1.807) is 13.0 Å². The molecule has 0 saturated carbocycles. The van der Waals surface area contributed by atoms with Gasteiger partial charge in [-0.2, -0.15) is 4.98 Å². The molecule has 4 N–H and O–H groups in total. The van der Waals surface area contributed by atoms with Crippen LogP contribution in [-0.4, -0.2) is 48.1 Å². The van der Waals surface area contributed by atoms with Crippen molar-refractivity contribution in [3.8, 4) is 0 Å². The smallest absolute Gasteiger partial charge is 0.357 e. The number of carbonyl (C=O) groups is 1. The van der Waals surface area contributed by atoms with Gasteiger partial charge in [-0.25, -0.2) is 4.79 Å². The van der Waals surface area contributed by atoms with Gasteiger partial charge < -0.3 is 20.2 Å². The van der Waals surface area contributed by atoms with Crippen LogP contribution in [0.4, 0.5) is 17.2 Å². The van der Waals surface area contributed by atoms with E-state index in [4.69, 9.17) is 10.1 Å². The van der Waals surface area contributed by atoms with Gasteiger partial charge in [0.25, 0.3) is 0 Å². The highest BCUT2D eigenvalue weighted by Gasteiger charge is 2.29. The number of nitrogens with zero attached hydrogens (tertiary/aromatic N) is 2. The zero-order valence-electron chi connectivity index (χ0n) is 19.5. The Morgan fingerprint density at radius 3 is 2.62 bits per heavy atom. The molecule has 0 radical (unpaired) electrons. The molecule has 32 heavy (non-hydrogen) atoms. The number of anilines is 1. The third-order valence-electron chi connectivity index (χ3n) is 5.92. The number of quaternary nitrogens is 1. The number of aromatic nitrogens is 1. The van der Waals surface area contributed by atoms with Crippen LogP contribution in [0.25, 0.3) is 0 Å². The second-order valence-corrected chi connectivity index (χ2v) is 8.75. The molecule has 0 spiro atoms. The van der Waals surface area contributed by atoms with E-state index in [-0.39, 0.29) is 24.8 Å². The van der Waals surface area contributed by atoms with E-state index < -0.39 is 5.97 Å². The van der Waals surface area contributed by atoms with Crippen LogP contribution in [0.5, 0.6) is 0 Å². The van der Waals surface area contributed by atoms with Crippen molar-refractivity contribution in [3.05, 3.63) is 47.2 Å². The molecule has 0 amide bonds. The maximum Gasteiger partial charge on any atom is 0.357 e. The lowest BCUT2D eigenvalue weighted by molar-refractivity contribution is -0.483. The van der Waals surface area contributed by atoms with Crippen LogP contribution in [0.15, 0.2) is 30.3 Å². The lowest BCUT2D eigenvalue weighted by atomic mass is 9.94. The first-order chi connectivity index (χ1) is 15.3. The number of rotatable bonds is 8. The van der Waals surface area contributed by atoms with Gasteiger partial charge in [0.2, 0.25) is 5.82 Å². The zero-order valence-corrected chi connectivity index (χ0v) is 19.5. The molecule has 0 bridgehead atoms. The van der Waals surface area contributed by atoms with Gasteiger partial charge in [-0.1, -0.05) is 26.0 Å². The van der Waals surface area contributed by atoms with Crippen molar-refractivity contribution in [3.63, 3.8) is 0 Å². The summed E-state index contributed by atoms with van der Waals surface area (Å²) in [6, 6.07) is 9.86. The number of hydrogen-bond acceptors (Lipinski definition) is 6. The highest BCUT2D eigenvalue weighted by atomic mass is 16.5. The number of hydrogen-bond donors (Lipinski definition) is 3. The minimum Gasteiger partial charge on any atom is -0.461 e. The van der Waals surface area contributed by atoms with E-state index in [1.165, 1.54) is 0 Å². The summed E-state index contributed by atoms with van der Waals surface area (Å²) < 4.78 is 5.26. The molecule has 1 aliphatic heterocycles. The monoisotopic (exact) mass is 439 g/mol. The fraction of sp³-hybridized carbons (Fsp3) is 0.480. The SMILES string of the molecule is CCOC(=O)c1cc(N2CCC(CO)CC2)c(C(=N)C(C)C)c([NH2+]c2cccc(C)c2)n1. The molecule has 2 heterocycles. The Morgan fingerprint density at radius 1 is 1.31 bits per heavy atom. The number of benzene rings is 1. The van der Waals surface area contributed by atoms with Gasteiger partial charge in [0.15, 0.2) is 5.69 Å². The Labute approximate surface area is 190 Å². The molecule has 1 saturated heterocycles. The number of esters is 1. The molecule has 172 valence electrons. The maximum absolute atomic E-state index is 12.6. The molecule has 1 fully saturated rings. The number of piperidine rings is 1. The molecule has 1 aromatic carbocycles. The summed E-state index contributed by atoms with van der Waals surface area (Å²) in [4.78, 5) is 19.5. The largest absolute Gasteiger partial charge is 0.461 e. The van der Waals surface area contributed by atoms with Crippen LogP contribution >= 0.6 is 0 Å². The van der Waals surface area contributed by atoms with E-state index >= 15 is 0 Å². The number of aliphatic hydroxyl groups excluding tert-OH is 1. The molecule has 3 rings (SSSR count). The maximum atomic E-state index is 12.6. The quantitative estimate of drug-likeness (QED) is 0.333. The average Bonchev–Trinajstić information content (AvgIpc) is 2.78. The molecule has 0 aliphatic carbocycles. The second kappa shape index (κ2) is 10.7. The van der Waals surface area contributed by atoms with Crippen LogP contribution in [0, 0.1) is 24.2 Å². The zero-order chi connectivity index (χ0) is 23.3. The van der Waals surface area contributed by atoms with Crippen LogP contribution in [0.2, 0.25) is 0 Å². The molecule has 7 nitrogen and oxygen atoms in total. The Hall–Kier alpha value is -2.77. The van der Waals surface area contributed by atoms with E-state index in [1.807, 2.05) is 44.3 Å². The van der Waals surface area contributed by atoms with E-state index in [0.717, 1.165) is 48.4 Å². The van der Waals surface area contributed by atoms with Crippen LogP contribution < -0.4 is 10.2 Å². The Kier molecular flexibility index (Phi) is 7.99. The van der Waals surface area contributed by atoms with Gasteiger partial charge in [0, 0.05) is 25.8 Å². The lowest BCUT2D eigenvalue weighted by Crippen LogP contribution is -2.72. The molecule has 1 aliphatic rings. The van der Waals surface area contributed by atoms with Gasteiger partial charge in [-0.15, -0.1) is 0 Å². The number of pyridine rings is 1. The van der Waals surface area contributed by atoms with Crippen LogP contribution in [-0.2, 0) is 4.74 Å². The summed E-state index contributed by atoms with van der Waals surface area (Å²) >= 11 is 0. The minimum absolute atomic E-state index is 0.00336. The second-order valence-electron chi connectivity index (χ2n) is 8.75. The standard InChI is InChI=1S/C25H34N4O3/c1-5-32-25(31)20-14-21(29-11-9-18(15-30)10-12-29)22(23(26)16(2)3)24(28-20)27-19-8-6-7-17(4)13-19/h6-8,13-14,16,18,26,30H,5,9-12,15H2,1-4H3,(H,27,28)/p+1. The van der Waals surface area contributed by atoms with Gasteiger partial charge in [0.05, 0.1) is 18.0 Å². The van der Waals surface area contributed by atoms with Crippen molar-refractivity contribution in [2.24, 2.45) is 11.8 Å². The van der Waals surface area contributed by atoms with Crippen molar-refractivity contribution >= 4 is 28.9 Å². The van der Waals surface area contributed by atoms with Crippen molar-refractivity contribution in [1.82, 2.24) is 4.98 Å². The summed E-state index contributed by atoms with van der Waals surface area (Å²) in [5, 5.41) is 20.4. The minimum atomic E-state index is -0.458. The van der Waals surface area contributed by atoms with Crippen LogP contribution in [0.3, 0.4) is 0 Å². The molecular formula is C25H35N4O3+. The fourth-order valence-corrected chi connectivity index (χ4v) is 4.05. The number of nitrogens with one attached hydrogen (secondary N) is 1. The fourth-order valence-electron chi connectivity index (χ4n) is 4.05. The van der Waals surface area contributed by atoms with Crippen molar-refractivity contribution in [2.75, 3.05) is 31.2 Å². The van der Waals surface area contributed by atoms with Crippen molar-refractivity contribution in [2.45, 2.75) is 40.5 Å². The molecule has 7 heteroatoms. The van der Waals surface area contributed by atoms with Crippen molar-refractivity contribution < 1.29 is 20.0 Å². The lowest BCUT2D eigenvalue weighted by Gasteiger charge is -2.34. The van der Waals surface area contributed by atoms with Crippen LogP contribution in [0.1, 0.15) is 55.2 Å². The number of aryl methyl sites for hydroxylation is 1. The average molecular weight is 440 g/mol. The molecular weight excluding hydrogens is 404 g/mol. The van der Waals surface area contributed by atoms with E-state index in [9.17, 15) is 9.90 Å². The number of nitrogens with two attached hydrogens (primary N) is 1. The number of carbonyl (C=O) groups excluding carboxylic acids is 1. The third-order valence-corrected chi connectivity index (χ3v) is 5.92. The number of aliphatic hydroxyl groups is 1. The first-order valence-corrected chi connectivity index (χ1v) is 11.4. The first kappa shape index (κ1) is 23.9. The van der Waals surface area contributed by atoms with Gasteiger partial charge in [-0.05, 0) is 56.2 Å².